The van der Waals surface area contributed by atoms with E-state index in [1.165, 1.54) is 12.1 Å². The summed E-state index contributed by atoms with van der Waals surface area (Å²) in [5.74, 6) is 3.93. The lowest BCUT2D eigenvalue weighted by atomic mass is 10.1. The van der Waals surface area contributed by atoms with Crippen molar-refractivity contribution in [1.29, 1.82) is 0 Å². The number of nitrogens with zero attached hydrogens (tertiary/aromatic N) is 1. The summed E-state index contributed by atoms with van der Waals surface area (Å²) in [5, 5.41) is 8.62. The Balaban J connectivity index is 2.12. The second-order valence-electron chi connectivity index (χ2n) is 4.45. The van der Waals surface area contributed by atoms with E-state index in [1.807, 2.05) is 0 Å². The fraction of sp³-hybridized carbons (Fsp3) is 0.333. The van der Waals surface area contributed by atoms with Gasteiger partial charge in [0.05, 0.1) is 13.2 Å². The van der Waals surface area contributed by atoms with Crippen molar-refractivity contribution >= 4 is 11.8 Å². The van der Waals surface area contributed by atoms with Crippen molar-refractivity contribution < 1.29 is 23.8 Å². The first-order valence-corrected chi connectivity index (χ1v) is 6.41. The Bertz CT molecular complexity index is 602. The number of carbonyl (C=O) groups is 2. The SMILES string of the molecule is O=C1COCC(=O)N1Cc1ccc(C#CCCO)cc1F. The van der Waals surface area contributed by atoms with Crippen molar-refractivity contribution in [2.24, 2.45) is 0 Å². The van der Waals surface area contributed by atoms with E-state index in [1.54, 1.807) is 6.07 Å². The molecule has 1 aliphatic heterocycles. The number of halogens is 1. The first-order valence-electron chi connectivity index (χ1n) is 6.41. The molecule has 1 aromatic carbocycles. The van der Waals surface area contributed by atoms with Crippen molar-refractivity contribution in [3.8, 4) is 11.8 Å². The number of amides is 2. The number of ether oxygens (including phenoxy) is 1. The molecule has 2 rings (SSSR count). The van der Waals surface area contributed by atoms with Crippen LogP contribution in [0.1, 0.15) is 17.5 Å². The van der Waals surface area contributed by atoms with E-state index < -0.39 is 17.6 Å². The van der Waals surface area contributed by atoms with Gasteiger partial charge in [0.1, 0.15) is 19.0 Å². The van der Waals surface area contributed by atoms with Gasteiger partial charge in [-0.05, 0) is 12.1 Å². The van der Waals surface area contributed by atoms with Crippen LogP contribution in [-0.4, -0.2) is 41.6 Å². The second-order valence-corrected chi connectivity index (χ2v) is 4.45. The molecule has 1 fully saturated rings. The van der Waals surface area contributed by atoms with Crippen LogP contribution >= 0.6 is 0 Å². The minimum atomic E-state index is -0.530. The standard InChI is InChI=1S/C15H14FNO4/c16-13-7-11(3-1-2-6-18)4-5-12(13)8-17-14(19)9-21-10-15(17)20/h4-5,7,18H,2,6,8-10H2. The van der Waals surface area contributed by atoms with Gasteiger partial charge < -0.3 is 9.84 Å². The number of morpholine rings is 1. The zero-order valence-electron chi connectivity index (χ0n) is 11.3. The summed E-state index contributed by atoms with van der Waals surface area (Å²) in [6, 6.07) is 4.35. The zero-order chi connectivity index (χ0) is 15.2. The summed E-state index contributed by atoms with van der Waals surface area (Å²) in [4.78, 5) is 24.1. The lowest BCUT2D eigenvalue weighted by molar-refractivity contribution is -0.159. The number of rotatable bonds is 3. The van der Waals surface area contributed by atoms with Gasteiger partial charge in [-0.25, -0.2) is 4.39 Å². The van der Waals surface area contributed by atoms with Gasteiger partial charge in [0.25, 0.3) is 11.8 Å². The Morgan fingerprint density at radius 2 is 2.00 bits per heavy atom. The predicted octanol–water partition coefficient (Wildman–Crippen LogP) is 0.445. The topological polar surface area (TPSA) is 66.8 Å². The van der Waals surface area contributed by atoms with Gasteiger partial charge in [-0.15, -0.1) is 0 Å². The number of carbonyl (C=O) groups excluding carboxylic acids is 2. The van der Waals surface area contributed by atoms with Gasteiger partial charge in [-0.1, -0.05) is 17.9 Å². The van der Waals surface area contributed by atoms with Gasteiger partial charge in [-0.2, -0.15) is 0 Å². The van der Waals surface area contributed by atoms with Crippen LogP contribution in [0.4, 0.5) is 4.39 Å². The Labute approximate surface area is 121 Å². The summed E-state index contributed by atoms with van der Waals surface area (Å²) < 4.78 is 18.8. The van der Waals surface area contributed by atoms with E-state index in [-0.39, 0.29) is 31.9 Å². The van der Waals surface area contributed by atoms with Crippen LogP contribution in [0, 0.1) is 17.7 Å². The molecule has 0 unspecified atom stereocenters. The predicted molar refractivity (Wildman–Crippen MR) is 71.4 cm³/mol. The molecule has 0 aromatic heterocycles. The molecule has 0 bridgehead atoms. The zero-order valence-corrected chi connectivity index (χ0v) is 11.3. The summed E-state index contributed by atoms with van der Waals surface area (Å²) in [6.07, 6.45) is 0.320. The quantitative estimate of drug-likeness (QED) is 0.648. The maximum atomic E-state index is 14.0. The highest BCUT2D eigenvalue weighted by molar-refractivity contribution is 5.98. The third-order valence-corrected chi connectivity index (χ3v) is 2.90. The van der Waals surface area contributed by atoms with Crippen LogP contribution in [0.5, 0.6) is 0 Å². The number of hydrogen-bond donors (Lipinski definition) is 1. The number of aliphatic hydroxyl groups is 1. The third kappa shape index (κ3) is 3.88. The van der Waals surface area contributed by atoms with Crippen LogP contribution < -0.4 is 0 Å². The second kappa shape index (κ2) is 6.97. The van der Waals surface area contributed by atoms with Gasteiger partial charge >= 0.3 is 0 Å². The van der Waals surface area contributed by atoms with E-state index in [2.05, 4.69) is 11.8 Å². The number of benzene rings is 1. The number of imide groups is 1. The van der Waals surface area contributed by atoms with Gasteiger partial charge in [-0.3, -0.25) is 14.5 Å². The van der Waals surface area contributed by atoms with Crippen molar-refractivity contribution in [2.45, 2.75) is 13.0 Å². The van der Waals surface area contributed by atoms with Crippen LogP contribution in [-0.2, 0) is 20.9 Å². The molecule has 2 amide bonds. The summed E-state index contributed by atoms with van der Waals surface area (Å²) in [5.41, 5.74) is 0.718. The summed E-state index contributed by atoms with van der Waals surface area (Å²) >= 11 is 0. The van der Waals surface area contributed by atoms with Gasteiger partial charge in [0, 0.05) is 17.5 Å². The molecule has 110 valence electrons. The molecular weight excluding hydrogens is 277 g/mol. The number of aliphatic hydroxyl groups excluding tert-OH is 1. The molecule has 21 heavy (non-hydrogen) atoms. The van der Waals surface area contributed by atoms with Crippen LogP contribution in [0.3, 0.4) is 0 Å². The highest BCUT2D eigenvalue weighted by atomic mass is 19.1. The van der Waals surface area contributed by atoms with E-state index in [0.29, 0.717) is 12.0 Å². The molecule has 0 radical (unpaired) electrons. The highest BCUT2D eigenvalue weighted by Gasteiger charge is 2.27. The molecule has 0 aliphatic carbocycles. The van der Waals surface area contributed by atoms with Gasteiger partial charge in [0.2, 0.25) is 0 Å². The van der Waals surface area contributed by atoms with Crippen molar-refractivity contribution in [3.05, 3.63) is 35.1 Å². The Hall–Kier alpha value is -2.23. The molecule has 0 atom stereocenters. The smallest absolute Gasteiger partial charge is 0.255 e. The van der Waals surface area contributed by atoms with E-state index in [4.69, 9.17) is 9.84 Å². The molecule has 6 heteroatoms. The molecule has 0 saturated carbocycles. The molecule has 1 aromatic rings. The minimum Gasteiger partial charge on any atom is -0.395 e. The largest absolute Gasteiger partial charge is 0.395 e. The van der Waals surface area contributed by atoms with Crippen LogP contribution in [0.15, 0.2) is 18.2 Å². The molecule has 1 heterocycles. The molecular formula is C15H14FNO4. The van der Waals surface area contributed by atoms with E-state index >= 15 is 0 Å². The van der Waals surface area contributed by atoms with Gasteiger partial charge in [0.15, 0.2) is 0 Å². The summed E-state index contributed by atoms with van der Waals surface area (Å²) in [6.45, 7) is -0.498. The highest BCUT2D eigenvalue weighted by Crippen LogP contribution is 2.14. The van der Waals surface area contributed by atoms with Crippen molar-refractivity contribution in [1.82, 2.24) is 4.90 Å². The molecule has 5 nitrogen and oxygen atoms in total. The average Bonchev–Trinajstić information content (AvgIpc) is 2.45. The van der Waals surface area contributed by atoms with E-state index in [9.17, 15) is 14.0 Å². The number of hydrogen-bond acceptors (Lipinski definition) is 4. The molecule has 1 saturated heterocycles. The Morgan fingerprint density at radius 3 is 2.62 bits per heavy atom. The molecule has 0 spiro atoms. The third-order valence-electron chi connectivity index (χ3n) is 2.90. The fourth-order valence-electron chi connectivity index (χ4n) is 1.84. The lowest BCUT2D eigenvalue weighted by Crippen LogP contribution is -2.45. The fourth-order valence-corrected chi connectivity index (χ4v) is 1.84. The maximum Gasteiger partial charge on any atom is 0.255 e. The van der Waals surface area contributed by atoms with Crippen molar-refractivity contribution in [3.63, 3.8) is 0 Å². The minimum absolute atomic E-state index is 0.0468. The lowest BCUT2D eigenvalue weighted by Gasteiger charge is -2.25. The van der Waals surface area contributed by atoms with Crippen LogP contribution in [0.25, 0.3) is 0 Å². The molecule has 1 N–H and O–H groups in total. The first-order chi connectivity index (χ1) is 10.1. The van der Waals surface area contributed by atoms with Crippen molar-refractivity contribution in [2.75, 3.05) is 19.8 Å². The maximum absolute atomic E-state index is 14.0. The first kappa shape index (κ1) is 15.2. The summed E-state index contributed by atoms with van der Waals surface area (Å²) in [7, 11) is 0. The molecule has 1 aliphatic rings. The average molecular weight is 291 g/mol. The van der Waals surface area contributed by atoms with Crippen LogP contribution in [0.2, 0.25) is 0 Å². The Morgan fingerprint density at radius 1 is 1.29 bits per heavy atom. The monoisotopic (exact) mass is 291 g/mol. The normalized spacial score (nSPS) is 14.9. The van der Waals surface area contributed by atoms with E-state index in [0.717, 1.165) is 4.90 Å². The Kier molecular flexibility index (Phi) is 5.04.